The van der Waals surface area contributed by atoms with Crippen molar-refractivity contribution in [1.29, 1.82) is 0 Å². The van der Waals surface area contributed by atoms with Crippen molar-refractivity contribution in [3.8, 4) is 0 Å². The minimum absolute atomic E-state index is 0.184. The van der Waals surface area contributed by atoms with Crippen molar-refractivity contribution >= 4 is 29.1 Å². The minimum Gasteiger partial charge on any atom is -0.481 e. The number of aliphatic carboxylic acids is 1. The molecule has 0 aliphatic heterocycles. The number of nitrogens with zero attached hydrogens (tertiary/aromatic N) is 2. The second kappa shape index (κ2) is 6.35. The molecule has 1 N–H and O–H groups in total. The molecule has 0 bridgehead atoms. The summed E-state index contributed by atoms with van der Waals surface area (Å²) in [5, 5.41) is 18.1. The summed E-state index contributed by atoms with van der Waals surface area (Å²) in [5.74, 6) is 0.416. The van der Waals surface area contributed by atoms with Crippen molar-refractivity contribution in [1.82, 2.24) is 10.2 Å². The summed E-state index contributed by atoms with van der Waals surface area (Å²) in [6.45, 7) is 0. The van der Waals surface area contributed by atoms with Crippen molar-refractivity contribution < 1.29 is 9.90 Å². The highest BCUT2D eigenvalue weighted by molar-refractivity contribution is 8.01. The molecule has 1 heterocycles. The first kappa shape index (κ1) is 12.8. The highest BCUT2D eigenvalue weighted by Crippen LogP contribution is 2.36. The average molecular weight is 272 g/mol. The number of hydrogen-bond acceptors (Lipinski definition) is 5. The number of carboxylic acids is 1. The summed E-state index contributed by atoms with van der Waals surface area (Å²) >= 11 is 3.14. The Labute approximate surface area is 109 Å². The first-order valence-electron chi connectivity index (χ1n) is 5.93. The molecule has 6 heteroatoms. The van der Waals surface area contributed by atoms with Gasteiger partial charge in [0, 0.05) is 11.7 Å². The summed E-state index contributed by atoms with van der Waals surface area (Å²) in [4.78, 5) is 10.4. The highest BCUT2D eigenvalue weighted by atomic mass is 32.2. The number of hydrogen-bond donors (Lipinski definition) is 1. The monoisotopic (exact) mass is 272 g/mol. The quantitative estimate of drug-likeness (QED) is 0.834. The Morgan fingerprint density at radius 1 is 1.35 bits per heavy atom. The highest BCUT2D eigenvalue weighted by Gasteiger charge is 2.19. The second-order valence-electron chi connectivity index (χ2n) is 4.23. The van der Waals surface area contributed by atoms with Gasteiger partial charge in [0.25, 0.3) is 0 Å². The number of thioether (sulfide) groups is 1. The fraction of sp³-hybridized carbons (Fsp3) is 0.727. The van der Waals surface area contributed by atoms with Gasteiger partial charge in [-0.1, -0.05) is 42.4 Å². The van der Waals surface area contributed by atoms with E-state index >= 15 is 0 Å². The van der Waals surface area contributed by atoms with E-state index in [1.165, 1.54) is 43.9 Å². The predicted octanol–water partition coefficient (Wildman–Crippen LogP) is 3.15. The van der Waals surface area contributed by atoms with Crippen LogP contribution >= 0.6 is 23.1 Å². The number of carbonyl (C=O) groups is 1. The molecule has 0 saturated heterocycles. The zero-order valence-electron chi connectivity index (χ0n) is 9.59. The van der Waals surface area contributed by atoms with Crippen LogP contribution in [-0.2, 0) is 4.79 Å². The Morgan fingerprint density at radius 3 is 2.82 bits per heavy atom. The van der Waals surface area contributed by atoms with E-state index in [2.05, 4.69) is 10.2 Å². The zero-order chi connectivity index (χ0) is 12.1. The van der Waals surface area contributed by atoms with E-state index in [9.17, 15) is 4.79 Å². The Bertz CT molecular complexity index is 375. The van der Waals surface area contributed by atoms with Crippen molar-refractivity contribution in [2.45, 2.75) is 48.8 Å². The van der Waals surface area contributed by atoms with Crippen LogP contribution in [-0.4, -0.2) is 27.0 Å². The van der Waals surface area contributed by atoms with Gasteiger partial charge in [-0.2, -0.15) is 0 Å². The average Bonchev–Trinajstić information content (AvgIpc) is 2.78. The Hall–Kier alpha value is -0.620. The van der Waals surface area contributed by atoms with E-state index in [-0.39, 0.29) is 6.42 Å². The third-order valence-corrected chi connectivity index (χ3v) is 5.14. The van der Waals surface area contributed by atoms with Gasteiger partial charge in [-0.15, -0.1) is 10.2 Å². The molecule has 94 valence electrons. The Balaban J connectivity index is 1.84. The topological polar surface area (TPSA) is 63.1 Å². The Morgan fingerprint density at radius 2 is 2.12 bits per heavy atom. The van der Waals surface area contributed by atoms with Gasteiger partial charge in [-0.25, -0.2) is 0 Å². The molecule has 0 radical (unpaired) electrons. The molecule has 0 spiro atoms. The molecule has 1 fully saturated rings. The van der Waals surface area contributed by atoms with Gasteiger partial charge >= 0.3 is 5.97 Å². The van der Waals surface area contributed by atoms with E-state index in [0.717, 1.165) is 9.35 Å². The largest absolute Gasteiger partial charge is 0.481 e. The van der Waals surface area contributed by atoms with Gasteiger partial charge in [-0.3, -0.25) is 4.79 Å². The normalized spacial score (nSPS) is 17.2. The molecule has 0 unspecified atom stereocenters. The molecule has 2 rings (SSSR count). The third kappa shape index (κ3) is 3.96. The molecule has 1 aliphatic carbocycles. The summed E-state index contributed by atoms with van der Waals surface area (Å²) in [5.41, 5.74) is 0. The van der Waals surface area contributed by atoms with Crippen LogP contribution < -0.4 is 0 Å². The lowest BCUT2D eigenvalue weighted by molar-refractivity contribution is -0.136. The molecule has 0 amide bonds. The summed E-state index contributed by atoms with van der Waals surface area (Å²) < 4.78 is 0.909. The molecule has 17 heavy (non-hydrogen) atoms. The number of carboxylic acid groups (broad SMARTS) is 1. The molecule has 1 saturated carbocycles. The van der Waals surface area contributed by atoms with E-state index in [1.54, 1.807) is 11.3 Å². The number of aromatic nitrogens is 2. The summed E-state index contributed by atoms with van der Waals surface area (Å²) in [6, 6.07) is 0. The molecule has 0 atom stereocenters. The third-order valence-electron chi connectivity index (χ3n) is 2.92. The maximum absolute atomic E-state index is 10.4. The maximum Gasteiger partial charge on any atom is 0.304 e. The Kier molecular flexibility index (Phi) is 4.79. The van der Waals surface area contributed by atoms with Crippen LogP contribution in [0.4, 0.5) is 0 Å². The fourth-order valence-corrected chi connectivity index (χ4v) is 4.06. The summed E-state index contributed by atoms with van der Waals surface area (Å²) in [6.07, 6.45) is 6.58. The lowest BCUT2D eigenvalue weighted by Crippen LogP contribution is -2.03. The first-order chi connectivity index (χ1) is 8.25. The van der Waals surface area contributed by atoms with Gasteiger partial charge in [0.1, 0.15) is 5.01 Å². The van der Waals surface area contributed by atoms with Crippen LogP contribution in [0.15, 0.2) is 4.34 Å². The predicted molar refractivity (Wildman–Crippen MR) is 68.7 cm³/mol. The van der Waals surface area contributed by atoms with Gasteiger partial charge in [-0.05, 0) is 12.8 Å². The fourth-order valence-electron chi connectivity index (χ4n) is 2.02. The van der Waals surface area contributed by atoms with Gasteiger partial charge in [0.2, 0.25) is 0 Å². The van der Waals surface area contributed by atoms with Gasteiger partial charge < -0.3 is 5.11 Å². The lowest BCUT2D eigenvalue weighted by atomic mass is 9.90. The number of rotatable bonds is 5. The lowest BCUT2D eigenvalue weighted by Gasteiger charge is -2.18. The van der Waals surface area contributed by atoms with E-state index < -0.39 is 5.97 Å². The summed E-state index contributed by atoms with van der Waals surface area (Å²) in [7, 11) is 0. The van der Waals surface area contributed by atoms with Crippen LogP contribution in [0.1, 0.15) is 49.5 Å². The van der Waals surface area contributed by atoms with Gasteiger partial charge in [0.05, 0.1) is 6.42 Å². The second-order valence-corrected chi connectivity index (χ2v) is 6.58. The molecule has 1 aromatic heterocycles. The van der Waals surface area contributed by atoms with E-state index in [0.29, 0.717) is 11.7 Å². The SMILES string of the molecule is O=C(O)CCSc1nnc(C2CCCCC2)s1. The van der Waals surface area contributed by atoms with Gasteiger partial charge in [0.15, 0.2) is 4.34 Å². The van der Waals surface area contributed by atoms with Crippen LogP contribution in [0, 0.1) is 0 Å². The first-order valence-corrected chi connectivity index (χ1v) is 7.74. The smallest absolute Gasteiger partial charge is 0.304 e. The van der Waals surface area contributed by atoms with Crippen LogP contribution in [0.2, 0.25) is 0 Å². The standard InChI is InChI=1S/C11H16N2O2S2/c14-9(15)6-7-16-11-13-12-10(17-11)8-4-2-1-3-5-8/h8H,1-7H2,(H,14,15). The van der Waals surface area contributed by atoms with Crippen molar-refractivity contribution in [3.63, 3.8) is 0 Å². The molecule has 4 nitrogen and oxygen atoms in total. The van der Waals surface area contributed by atoms with E-state index in [1.807, 2.05) is 0 Å². The van der Waals surface area contributed by atoms with Crippen LogP contribution in [0.25, 0.3) is 0 Å². The molecule has 1 aromatic rings. The van der Waals surface area contributed by atoms with Crippen molar-refractivity contribution in [2.24, 2.45) is 0 Å². The molecule has 0 aromatic carbocycles. The minimum atomic E-state index is -0.755. The van der Waals surface area contributed by atoms with Crippen LogP contribution in [0.5, 0.6) is 0 Å². The van der Waals surface area contributed by atoms with Crippen molar-refractivity contribution in [2.75, 3.05) is 5.75 Å². The molecule has 1 aliphatic rings. The molecular formula is C11H16N2O2S2. The van der Waals surface area contributed by atoms with Crippen molar-refractivity contribution in [3.05, 3.63) is 5.01 Å². The van der Waals surface area contributed by atoms with Crippen LogP contribution in [0.3, 0.4) is 0 Å². The maximum atomic E-state index is 10.4. The molecular weight excluding hydrogens is 256 g/mol. The van der Waals surface area contributed by atoms with E-state index in [4.69, 9.17) is 5.11 Å². The zero-order valence-corrected chi connectivity index (χ0v) is 11.2.